The van der Waals surface area contributed by atoms with Crippen molar-refractivity contribution >= 4 is 11.6 Å². The molecule has 0 unspecified atom stereocenters. The molecule has 0 N–H and O–H groups in total. The number of aromatic nitrogens is 2. The highest BCUT2D eigenvalue weighted by molar-refractivity contribution is 5.96. The summed E-state index contributed by atoms with van der Waals surface area (Å²) in [4.78, 5) is 18.1. The first kappa shape index (κ1) is 12.7. The summed E-state index contributed by atoms with van der Waals surface area (Å²) in [6, 6.07) is 7.45. The Bertz CT molecular complexity index is 638. The van der Waals surface area contributed by atoms with Crippen LogP contribution in [0.5, 0.6) is 5.75 Å². The van der Waals surface area contributed by atoms with E-state index in [1.165, 1.54) is 0 Å². The zero-order chi connectivity index (χ0) is 14.1. The van der Waals surface area contributed by atoms with Gasteiger partial charge in [0.15, 0.2) is 5.82 Å². The summed E-state index contributed by atoms with van der Waals surface area (Å²) in [5, 5.41) is 3.78. The lowest BCUT2D eigenvalue weighted by Gasteiger charge is -2.16. The number of carbonyl (C=O) groups excluding carboxylic acids is 1. The third-order valence-corrected chi connectivity index (χ3v) is 3.38. The molecule has 0 bridgehead atoms. The number of ether oxygens (including phenoxy) is 1. The van der Waals surface area contributed by atoms with Gasteiger partial charge in [0.05, 0.1) is 13.0 Å². The van der Waals surface area contributed by atoms with Crippen molar-refractivity contribution in [3.05, 3.63) is 36.0 Å². The van der Waals surface area contributed by atoms with Crippen LogP contribution < -0.4 is 9.64 Å². The molecule has 0 saturated carbocycles. The maximum Gasteiger partial charge on any atom is 0.232 e. The molecule has 6 nitrogen and oxygen atoms in total. The minimum absolute atomic E-state index is 0.0464. The van der Waals surface area contributed by atoms with Gasteiger partial charge in [-0.25, -0.2) is 0 Å². The number of methoxy groups -OCH3 is 1. The van der Waals surface area contributed by atoms with Crippen LogP contribution in [-0.2, 0) is 4.79 Å². The minimum Gasteiger partial charge on any atom is -0.497 e. The van der Waals surface area contributed by atoms with Gasteiger partial charge in [0.2, 0.25) is 11.8 Å². The van der Waals surface area contributed by atoms with Crippen LogP contribution in [-0.4, -0.2) is 29.7 Å². The van der Waals surface area contributed by atoms with E-state index in [9.17, 15) is 4.79 Å². The summed E-state index contributed by atoms with van der Waals surface area (Å²) in [6.45, 7) is 2.32. The number of hydrogen-bond donors (Lipinski definition) is 0. The zero-order valence-electron chi connectivity index (χ0n) is 11.4. The van der Waals surface area contributed by atoms with E-state index in [-0.39, 0.29) is 11.8 Å². The Morgan fingerprint density at radius 2 is 2.30 bits per heavy atom. The lowest BCUT2D eigenvalue weighted by Crippen LogP contribution is -2.24. The molecule has 1 aromatic carbocycles. The standard InChI is InChI=1S/C14H15N3O3/c1-9-15-14(20-16-9)10-6-13(18)17(8-10)11-4-3-5-12(7-11)19-2/h3-5,7,10H,6,8H2,1-2H3/t10-/m1/s1. The fourth-order valence-electron chi connectivity index (χ4n) is 2.38. The molecule has 1 atom stereocenters. The normalized spacial score (nSPS) is 18.6. The first-order chi connectivity index (χ1) is 9.67. The fourth-order valence-corrected chi connectivity index (χ4v) is 2.38. The van der Waals surface area contributed by atoms with E-state index < -0.39 is 0 Å². The Morgan fingerprint density at radius 1 is 1.45 bits per heavy atom. The molecule has 1 aliphatic heterocycles. The van der Waals surface area contributed by atoms with Gasteiger partial charge in [-0.15, -0.1) is 0 Å². The molecule has 1 aliphatic rings. The molecular weight excluding hydrogens is 258 g/mol. The maximum absolute atomic E-state index is 12.2. The molecule has 20 heavy (non-hydrogen) atoms. The molecule has 6 heteroatoms. The number of nitrogens with zero attached hydrogens (tertiary/aromatic N) is 3. The Morgan fingerprint density at radius 3 is 3.00 bits per heavy atom. The topological polar surface area (TPSA) is 68.5 Å². The smallest absolute Gasteiger partial charge is 0.232 e. The van der Waals surface area contributed by atoms with Crippen LogP contribution in [0.2, 0.25) is 0 Å². The Labute approximate surface area is 116 Å². The summed E-state index contributed by atoms with van der Waals surface area (Å²) in [5.74, 6) is 1.86. The molecule has 0 aliphatic carbocycles. The van der Waals surface area contributed by atoms with Gasteiger partial charge in [0.1, 0.15) is 5.75 Å². The summed E-state index contributed by atoms with van der Waals surface area (Å²) in [7, 11) is 1.61. The molecule has 1 amide bonds. The first-order valence-corrected chi connectivity index (χ1v) is 6.42. The highest BCUT2D eigenvalue weighted by Gasteiger charge is 2.35. The lowest BCUT2D eigenvalue weighted by atomic mass is 10.1. The number of carbonyl (C=O) groups is 1. The highest BCUT2D eigenvalue weighted by Crippen LogP contribution is 2.32. The summed E-state index contributed by atoms with van der Waals surface area (Å²) >= 11 is 0. The van der Waals surface area contributed by atoms with Crippen molar-refractivity contribution in [2.75, 3.05) is 18.6 Å². The van der Waals surface area contributed by atoms with Gasteiger partial charge in [-0.1, -0.05) is 11.2 Å². The summed E-state index contributed by atoms with van der Waals surface area (Å²) in [5.41, 5.74) is 0.827. The van der Waals surface area contributed by atoms with E-state index >= 15 is 0 Å². The van der Waals surface area contributed by atoms with Gasteiger partial charge in [0.25, 0.3) is 0 Å². The van der Waals surface area contributed by atoms with Crippen molar-refractivity contribution < 1.29 is 14.1 Å². The van der Waals surface area contributed by atoms with Crippen LogP contribution in [0.4, 0.5) is 5.69 Å². The predicted octanol–water partition coefficient (Wildman–Crippen LogP) is 1.91. The third-order valence-electron chi connectivity index (χ3n) is 3.38. The third kappa shape index (κ3) is 2.24. The SMILES string of the molecule is COc1cccc(N2C[C@H](c3nc(C)no3)CC2=O)c1. The van der Waals surface area contributed by atoms with Gasteiger partial charge < -0.3 is 14.2 Å². The van der Waals surface area contributed by atoms with Gasteiger partial charge in [-0.3, -0.25) is 4.79 Å². The van der Waals surface area contributed by atoms with Crippen molar-refractivity contribution in [2.24, 2.45) is 0 Å². The van der Waals surface area contributed by atoms with E-state index in [1.807, 2.05) is 24.3 Å². The molecule has 1 saturated heterocycles. The zero-order valence-corrected chi connectivity index (χ0v) is 11.4. The predicted molar refractivity (Wildman–Crippen MR) is 71.7 cm³/mol. The monoisotopic (exact) mass is 273 g/mol. The van der Waals surface area contributed by atoms with E-state index in [0.717, 1.165) is 11.4 Å². The van der Waals surface area contributed by atoms with Gasteiger partial charge in [-0.05, 0) is 19.1 Å². The second kappa shape index (κ2) is 4.96. The molecule has 104 valence electrons. The quantitative estimate of drug-likeness (QED) is 0.854. The molecule has 2 aromatic rings. The Kier molecular flexibility index (Phi) is 3.14. The number of rotatable bonds is 3. The van der Waals surface area contributed by atoms with Crippen LogP contribution in [0.15, 0.2) is 28.8 Å². The minimum atomic E-state index is -0.0464. The average molecular weight is 273 g/mol. The van der Waals surface area contributed by atoms with Crippen molar-refractivity contribution in [3.8, 4) is 5.75 Å². The van der Waals surface area contributed by atoms with E-state index in [1.54, 1.807) is 18.9 Å². The first-order valence-electron chi connectivity index (χ1n) is 6.42. The van der Waals surface area contributed by atoms with Gasteiger partial charge in [-0.2, -0.15) is 4.98 Å². The Hall–Kier alpha value is -2.37. The number of hydrogen-bond acceptors (Lipinski definition) is 5. The average Bonchev–Trinajstić information content (AvgIpc) is 3.05. The number of benzene rings is 1. The second-order valence-corrected chi connectivity index (χ2v) is 4.79. The molecule has 2 heterocycles. The molecular formula is C14H15N3O3. The largest absolute Gasteiger partial charge is 0.497 e. The second-order valence-electron chi connectivity index (χ2n) is 4.79. The van der Waals surface area contributed by atoms with E-state index in [0.29, 0.717) is 24.7 Å². The molecule has 1 aromatic heterocycles. The van der Waals surface area contributed by atoms with Gasteiger partial charge in [0, 0.05) is 24.7 Å². The Balaban J connectivity index is 1.83. The van der Waals surface area contributed by atoms with Crippen molar-refractivity contribution in [1.29, 1.82) is 0 Å². The summed E-state index contributed by atoms with van der Waals surface area (Å²) in [6.07, 6.45) is 0.388. The molecule has 0 spiro atoms. The summed E-state index contributed by atoms with van der Waals surface area (Å²) < 4.78 is 10.3. The molecule has 3 rings (SSSR count). The maximum atomic E-state index is 12.2. The van der Waals surface area contributed by atoms with Crippen LogP contribution in [0.1, 0.15) is 24.1 Å². The van der Waals surface area contributed by atoms with Crippen LogP contribution in [0, 0.1) is 6.92 Å². The van der Waals surface area contributed by atoms with Crippen LogP contribution in [0.3, 0.4) is 0 Å². The molecule has 0 radical (unpaired) electrons. The van der Waals surface area contributed by atoms with Crippen molar-refractivity contribution in [2.45, 2.75) is 19.3 Å². The number of amides is 1. The van der Waals surface area contributed by atoms with Gasteiger partial charge >= 0.3 is 0 Å². The fraction of sp³-hybridized carbons (Fsp3) is 0.357. The van der Waals surface area contributed by atoms with E-state index in [2.05, 4.69) is 10.1 Å². The highest BCUT2D eigenvalue weighted by atomic mass is 16.5. The van der Waals surface area contributed by atoms with Crippen molar-refractivity contribution in [3.63, 3.8) is 0 Å². The van der Waals surface area contributed by atoms with Crippen LogP contribution in [0.25, 0.3) is 0 Å². The molecule has 1 fully saturated rings. The van der Waals surface area contributed by atoms with E-state index in [4.69, 9.17) is 9.26 Å². The lowest BCUT2D eigenvalue weighted by molar-refractivity contribution is -0.117. The number of aryl methyl sites for hydroxylation is 1. The number of anilines is 1. The van der Waals surface area contributed by atoms with Crippen LogP contribution >= 0.6 is 0 Å². The van der Waals surface area contributed by atoms with Crippen molar-refractivity contribution in [1.82, 2.24) is 10.1 Å².